The molecule has 3 rings (SSSR count). The van der Waals surface area contributed by atoms with E-state index in [0.717, 1.165) is 10.00 Å². The Morgan fingerprint density at radius 2 is 2.08 bits per heavy atom. The van der Waals surface area contributed by atoms with Gasteiger partial charge in [-0.25, -0.2) is 17.7 Å². The molecule has 0 saturated carbocycles. The van der Waals surface area contributed by atoms with Crippen molar-refractivity contribution in [1.29, 1.82) is 0 Å². The molecule has 0 spiro atoms. The number of amides is 2. The van der Waals surface area contributed by atoms with Gasteiger partial charge in [0.2, 0.25) is 15.9 Å². The molecule has 7 nitrogen and oxygen atoms in total. The summed E-state index contributed by atoms with van der Waals surface area (Å²) >= 11 is 1.50. The number of anilines is 1. The standard InChI is InChI=1S/C16H17N3O4S2/c1-11-9-25(22,23)19(16(11)21)14-4-2-12(3-5-14)15(20)17-7-6-13-8-24-10-18-13/h2-5,8,10-11H,6-7,9H2,1H3,(H,17,20). The zero-order valence-corrected chi connectivity index (χ0v) is 15.1. The Balaban J connectivity index is 1.65. The Bertz CT molecular complexity index is 877. The topological polar surface area (TPSA) is 96.4 Å². The van der Waals surface area contributed by atoms with Crippen molar-refractivity contribution >= 4 is 38.9 Å². The van der Waals surface area contributed by atoms with Crippen LogP contribution < -0.4 is 9.62 Å². The highest BCUT2D eigenvalue weighted by atomic mass is 32.2. The van der Waals surface area contributed by atoms with Crippen LogP contribution in [0.3, 0.4) is 0 Å². The lowest BCUT2D eigenvalue weighted by Crippen LogP contribution is -2.30. The fourth-order valence-electron chi connectivity index (χ4n) is 2.60. The van der Waals surface area contributed by atoms with E-state index >= 15 is 0 Å². The van der Waals surface area contributed by atoms with E-state index in [-0.39, 0.29) is 17.3 Å². The lowest BCUT2D eigenvalue weighted by atomic mass is 10.1. The molecule has 9 heteroatoms. The van der Waals surface area contributed by atoms with Crippen LogP contribution in [0.5, 0.6) is 0 Å². The molecule has 0 bridgehead atoms. The van der Waals surface area contributed by atoms with Gasteiger partial charge in [-0.2, -0.15) is 0 Å². The molecular formula is C16H17N3O4S2. The number of nitrogens with one attached hydrogen (secondary N) is 1. The van der Waals surface area contributed by atoms with Crippen LogP contribution in [0.4, 0.5) is 5.69 Å². The lowest BCUT2D eigenvalue weighted by molar-refractivity contribution is -0.119. The number of thiazole rings is 1. The van der Waals surface area contributed by atoms with Gasteiger partial charge in [-0.3, -0.25) is 9.59 Å². The fourth-order valence-corrected chi connectivity index (χ4v) is 5.02. The van der Waals surface area contributed by atoms with Crippen LogP contribution in [-0.2, 0) is 21.2 Å². The van der Waals surface area contributed by atoms with Crippen LogP contribution in [0.15, 0.2) is 35.2 Å². The second-order valence-electron chi connectivity index (χ2n) is 5.81. The average molecular weight is 379 g/mol. The summed E-state index contributed by atoms with van der Waals surface area (Å²) in [5.74, 6) is -1.45. The van der Waals surface area contributed by atoms with Gasteiger partial charge >= 0.3 is 0 Å². The highest BCUT2D eigenvalue weighted by Crippen LogP contribution is 2.28. The highest BCUT2D eigenvalue weighted by Gasteiger charge is 2.41. The number of carbonyl (C=O) groups excluding carboxylic acids is 2. The number of rotatable bonds is 5. The van der Waals surface area contributed by atoms with Crippen molar-refractivity contribution in [3.8, 4) is 0 Å². The zero-order chi connectivity index (χ0) is 18.0. The molecule has 132 valence electrons. The first kappa shape index (κ1) is 17.6. The Labute approximate surface area is 149 Å². The predicted octanol–water partition coefficient (Wildman–Crippen LogP) is 1.43. The molecule has 2 amide bonds. The summed E-state index contributed by atoms with van der Waals surface area (Å²) in [6.07, 6.45) is 0.645. The third-order valence-electron chi connectivity index (χ3n) is 3.87. The van der Waals surface area contributed by atoms with E-state index in [9.17, 15) is 18.0 Å². The fraction of sp³-hybridized carbons (Fsp3) is 0.312. The maximum absolute atomic E-state index is 12.1. The maximum Gasteiger partial charge on any atom is 0.251 e. The number of carbonyl (C=O) groups is 2. The Morgan fingerprint density at radius 3 is 2.64 bits per heavy atom. The number of benzene rings is 1. The van der Waals surface area contributed by atoms with E-state index in [1.54, 1.807) is 12.4 Å². The molecule has 1 unspecified atom stereocenters. The third-order valence-corrected chi connectivity index (χ3v) is 6.38. The van der Waals surface area contributed by atoms with E-state index in [0.29, 0.717) is 18.5 Å². The minimum atomic E-state index is -3.63. The van der Waals surface area contributed by atoms with Crippen molar-refractivity contribution in [2.24, 2.45) is 5.92 Å². The van der Waals surface area contributed by atoms with Crippen LogP contribution in [0.25, 0.3) is 0 Å². The van der Waals surface area contributed by atoms with Gasteiger partial charge in [-0.05, 0) is 24.3 Å². The van der Waals surface area contributed by atoms with E-state index in [1.807, 2.05) is 5.38 Å². The zero-order valence-electron chi connectivity index (χ0n) is 13.5. The van der Waals surface area contributed by atoms with Gasteiger partial charge in [-0.1, -0.05) is 6.92 Å². The molecule has 0 radical (unpaired) electrons. The SMILES string of the molecule is CC1CS(=O)(=O)N(c2ccc(C(=O)NCCc3cscn3)cc2)C1=O. The highest BCUT2D eigenvalue weighted by molar-refractivity contribution is 7.94. The molecular weight excluding hydrogens is 362 g/mol. The molecule has 25 heavy (non-hydrogen) atoms. The van der Waals surface area contributed by atoms with Gasteiger partial charge in [0.25, 0.3) is 5.91 Å². The molecule has 1 aromatic heterocycles. The minimum Gasteiger partial charge on any atom is -0.352 e. The first-order valence-corrected chi connectivity index (χ1v) is 10.3. The van der Waals surface area contributed by atoms with Crippen molar-refractivity contribution in [2.45, 2.75) is 13.3 Å². The monoisotopic (exact) mass is 379 g/mol. The van der Waals surface area contributed by atoms with Gasteiger partial charge in [0.05, 0.1) is 28.6 Å². The number of hydrogen-bond acceptors (Lipinski definition) is 6. The van der Waals surface area contributed by atoms with E-state index in [1.165, 1.54) is 35.6 Å². The Morgan fingerprint density at radius 1 is 1.36 bits per heavy atom. The second-order valence-corrected chi connectivity index (χ2v) is 8.40. The Hall–Kier alpha value is -2.26. The largest absolute Gasteiger partial charge is 0.352 e. The average Bonchev–Trinajstić information content (AvgIpc) is 3.14. The number of aromatic nitrogens is 1. The quantitative estimate of drug-likeness (QED) is 0.848. The number of hydrogen-bond donors (Lipinski definition) is 1. The van der Waals surface area contributed by atoms with Crippen molar-refractivity contribution < 1.29 is 18.0 Å². The molecule has 1 aliphatic heterocycles. The van der Waals surface area contributed by atoms with Gasteiger partial charge in [0, 0.05) is 23.9 Å². The molecule has 1 fully saturated rings. The summed E-state index contributed by atoms with van der Waals surface area (Å²) in [7, 11) is -3.63. The molecule has 0 aliphatic carbocycles. The van der Waals surface area contributed by atoms with Gasteiger partial charge < -0.3 is 5.32 Å². The van der Waals surface area contributed by atoms with Crippen LogP contribution in [0, 0.1) is 5.92 Å². The normalized spacial score (nSPS) is 19.2. The molecule has 1 aliphatic rings. The summed E-state index contributed by atoms with van der Waals surface area (Å²) in [6.45, 7) is 2.05. The first-order chi connectivity index (χ1) is 11.9. The van der Waals surface area contributed by atoms with Crippen molar-refractivity contribution in [3.63, 3.8) is 0 Å². The van der Waals surface area contributed by atoms with Gasteiger partial charge in [0.1, 0.15) is 0 Å². The summed E-state index contributed by atoms with van der Waals surface area (Å²) in [4.78, 5) is 28.3. The molecule has 1 N–H and O–H groups in total. The number of sulfonamides is 1. The van der Waals surface area contributed by atoms with E-state index < -0.39 is 21.8 Å². The van der Waals surface area contributed by atoms with Crippen molar-refractivity contribution in [3.05, 3.63) is 46.4 Å². The smallest absolute Gasteiger partial charge is 0.251 e. The summed E-state index contributed by atoms with van der Waals surface area (Å²) in [5.41, 5.74) is 3.32. The number of nitrogens with zero attached hydrogens (tertiary/aromatic N) is 2. The first-order valence-electron chi connectivity index (χ1n) is 7.70. The summed E-state index contributed by atoms with van der Waals surface area (Å²) < 4.78 is 25.0. The van der Waals surface area contributed by atoms with Crippen molar-refractivity contribution in [2.75, 3.05) is 16.6 Å². The maximum atomic E-state index is 12.1. The van der Waals surface area contributed by atoms with Crippen LogP contribution in [0.2, 0.25) is 0 Å². The molecule has 1 atom stereocenters. The van der Waals surface area contributed by atoms with Gasteiger partial charge in [-0.15, -0.1) is 11.3 Å². The van der Waals surface area contributed by atoms with Gasteiger partial charge in [0.15, 0.2) is 0 Å². The van der Waals surface area contributed by atoms with Crippen LogP contribution in [-0.4, -0.2) is 37.5 Å². The molecule has 2 heterocycles. The summed E-state index contributed by atoms with van der Waals surface area (Å²) in [5, 5.41) is 4.71. The van der Waals surface area contributed by atoms with Crippen LogP contribution in [0.1, 0.15) is 23.0 Å². The predicted molar refractivity (Wildman–Crippen MR) is 95.0 cm³/mol. The second kappa shape index (κ2) is 6.93. The molecule has 2 aromatic rings. The lowest BCUT2D eigenvalue weighted by Gasteiger charge is -2.15. The van der Waals surface area contributed by atoms with E-state index in [4.69, 9.17) is 0 Å². The Kier molecular flexibility index (Phi) is 4.87. The molecule has 1 aromatic carbocycles. The van der Waals surface area contributed by atoms with Crippen molar-refractivity contribution in [1.82, 2.24) is 10.3 Å². The molecule has 1 saturated heterocycles. The minimum absolute atomic E-state index is 0.190. The summed E-state index contributed by atoms with van der Waals surface area (Å²) in [6, 6.07) is 5.98. The third kappa shape index (κ3) is 3.72. The van der Waals surface area contributed by atoms with E-state index in [2.05, 4.69) is 10.3 Å². The van der Waals surface area contributed by atoms with Crippen LogP contribution >= 0.6 is 11.3 Å².